The van der Waals surface area contributed by atoms with Gasteiger partial charge in [0.2, 0.25) is 0 Å². The van der Waals surface area contributed by atoms with Crippen molar-refractivity contribution in [3.63, 3.8) is 0 Å². The standard InChI is InChI=1S/C12H17BrN2/c1-9(7-11-5-6-14-11)15-12-4-2-3-10(13)8-12/h2-4,8-9,11,14-15H,5-7H2,1H3. The zero-order valence-electron chi connectivity index (χ0n) is 8.96. The van der Waals surface area contributed by atoms with E-state index in [-0.39, 0.29) is 0 Å². The molecule has 0 saturated carbocycles. The summed E-state index contributed by atoms with van der Waals surface area (Å²) in [6, 6.07) is 9.57. The summed E-state index contributed by atoms with van der Waals surface area (Å²) in [6.45, 7) is 3.43. The molecule has 2 unspecified atom stereocenters. The Morgan fingerprint density at radius 3 is 3.00 bits per heavy atom. The number of benzene rings is 1. The van der Waals surface area contributed by atoms with Crippen molar-refractivity contribution >= 4 is 21.6 Å². The first-order chi connectivity index (χ1) is 7.24. The van der Waals surface area contributed by atoms with Crippen molar-refractivity contribution in [1.29, 1.82) is 0 Å². The number of anilines is 1. The molecule has 1 aromatic carbocycles. The molecule has 0 radical (unpaired) electrons. The summed E-state index contributed by atoms with van der Waals surface area (Å²) < 4.78 is 1.13. The van der Waals surface area contributed by atoms with Gasteiger partial charge in [-0.25, -0.2) is 0 Å². The normalized spacial score (nSPS) is 21.9. The lowest BCUT2D eigenvalue weighted by Gasteiger charge is -2.30. The number of nitrogens with one attached hydrogen (secondary N) is 2. The van der Waals surface area contributed by atoms with E-state index in [9.17, 15) is 0 Å². The largest absolute Gasteiger partial charge is 0.383 e. The molecule has 15 heavy (non-hydrogen) atoms. The summed E-state index contributed by atoms with van der Waals surface area (Å²) in [5, 5.41) is 6.94. The Labute approximate surface area is 99.6 Å². The van der Waals surface area contributed by atoms with E-state index < -0.39 is 0 Å². The van der Waals surface area contributed by atoms with Crippen LogP contribution in [0.15, 0.2) is 28.7 Å². The average Bonchev–Trinajstić information content (AvgIpc) is 2.11. The first-order valence-corrected chi connectivity index (χ1v) is 6.29. The van der Waals surface area contributed by atoms with Crippen molar-refractivity contribution in [3.8, 4) is 0 Å². The van der Waals surface area contributed by atoms with E-state index in [2.05, 4.69) is 51.7 Å². The van der Waals surface area contributed by atoms with Crippen LogP contribution < -0.4 is 10.6 Å². The van der Waals surface area contributed by atoms with Crippen LogP contribution in [0.5, 0.6) is 0 Å². The molecule has 1 heterocycles. The first kappa shape index (κ1) is 11.0. The van der Waals surface area contributed by atoms with Gasteiger partial charge in [-0.1, -0.05) is 22.0 Å². The van der Waals surface area contributed by atoms with Gasteiger partial charge in [-0.2, -0.15) is 0 Å². The van der Waals surface area contributed by atoms with Gasteiger partial charge in [0.25, 0.3) is 0 Å². The number of rotatable bonds is 4. The van der Waals surface area contributed by atoms with Gasteiger partial charge in [-0.3, -0.25) is 0 Å². The molecule has 2 rings (SSSR count). The third-order valence-electron chi connectivity index (χ3n) is 2.80. The number of halogens is 1. The summed E-state index contributed by atoms with van der Waals surface area (Å²) in [4.78, 5) is 0. The maximum atomic E-state index is 3.51. The maximum absolute atomic E-state index is 3.51. The lowest BCUT2D eigenvalue weighted by Crippen LogP contribution is -2.45. The van der Waals surface area contributed by atoms with Gasteiger partial charge in [-0.15, -0.1) is 0 Å². The summed E-state index contributed by atoms with van der Waals surface area (Å²) in [6.07, 6.45) is 2.52. The van der Waals surface area contributed by atoms with Crippen LogP contribution in [0.2, 0.25) is 0 Å². The van der Waals surface area contributed by atoms with Crippen molar-refractivity contribution in [2.45, 2.75) is 31.8 Å². The first-order valence-electron chi connectivity index (χ1n) is 5.49. The van der Waals surface area contributed by atoms with Crippen molar-refractivity contribution in [2.75, 3.05) is 11.9 Å². The summed E-state index contributed by atoms with van der Waals surface area (Å²) in [5.41, 5.74) is 1.19. The number of hydrogen-bond acceptors (Lipinski definition) is 2. The fourth-order valence-corrected chi connectivity index (χ4v) is 2.30. The molecule has 1 aliphatic heterocycles. The Morgan fingerprint density at radius 2 is 2.40 bits per heavy atom. The minimum Gasteiger partial charge on any atom is -0.383 e. The SMILES string of the molecule is CC(CC1CCN1)Nc1cccc(Br)c1. The second-order valence-electron chi connectivity index (χ2n) is 4.23. The highest BCUT2D eigenvalue weighted by Crippen LogP contribution is 2.18. The van der Waals surface area contributed by atoms with Crippen LogP contribution in [0, 0.1) is 0 Å². The molecule has 82 valence electrons. The van der Waals surface area contributed by atoms with Gasteiger partial charge in [0.15, 0.2) is 0 Å². The van der Waals surface area contributed by atoms with Gasteiger partial charge in [0.1, 0.15) is 0 Å². The van der Waals surface area contributed by atoms with Crippen molar-refractivity contribution in [2.24, 2.45) is 0 Å². The van der Waals surface area contributed by atoms with Gasteiger partial charge < -0.3 is 10.6 Å². The maximum Gasteiger partial charge on any atom is 0.0353 e. The Hall–Kier alpha value is -0.540. The minimum atomic E-state index is 0.525. The van der Waals surface area contributed by atoms with Gasteiger partial charge >= 0.3 is 0 Å². The van der Waals surface area contributed by atoms with Gasteiger partial charge in [0, 0.05) is 22.2 Å². The highest BCUT2D eigenvalue weighted by Gasteiger charge is 2.18. The van der Waals surface area contributed by atoms with Crippen molar-refractivity contribution < 1.29 is 0 Å². The van der Waals surface area contributed by atoms with E-state index in [4.69, 9.17) is 0 Å². The van der Waals surface area contributed by atoms with E-state index in [1.54, 1.807) is 0 Å². The molecule has 1 saturated heterocycles. The third-order valence-corrected chi connectivity index (χ3v) is 3.29. The molecule has 0 aliphatic carbocycles. The summed E-state index contributed by atoms with van der Waals surface area (Å²) in [5.74, 6) is 0. The molecule has 1 aromatic rings. The minimum absolute atomic E-state index is 0.525. The van der Waals surface area contributed by atoms with Crippen LogP contribution in [0.1, 0.15) is 19.8 Å². The Bertz CT molecular complexity index is 323. The highest BCUT2D eigenvalue weighted by atomic mass is 79.9. The molecule has 3 heteroatoms. The number of hydrogen-bond donors (Lipinski definition) is 2. The molecule has 2 N–H and O–H groups in total. The van der Waals surface area contributed by atoms with E-state index >= 15 is 0 Å². The molecule has 0 amide bonds. The van der Waals surface area contributed by atoms with E-state index in [0.29, 0.717) is 6.04 Å². The molecular formula is C12H17BrN2. The van der Waals surface area contributed by atoms with Crippen LogP contribution in [0.25, 0.3) is 0 Å². The van der Waals surface area contributed by atoms with E-state index in [1.165, 1.54) is 25.1 Å². The predicted octanol–water partition coefficient (Wildman–Crippen LogP) is 3.00. The highest BCUT2D eigenvalue weighted by molar-refractivity contribution is 9.10. The molecule has 1 fully saturated rings. The van der Waals surface area contributed by atoms with Crippen LogP contribution in [0.4, 0.5) is 5.69 Å². The van der Waals surface area contributed by atoms with Gasteiger partial charge in [-0.05, 0) is 44.5 Å². The van der Waals surface area contributed by atoms with E-state index in [0.717, 1.165) is 10.5 Å². The summed E-state index contributed by atoms with van der Waals surface area (Å²) >= 11 is 3.48. The third kappa shape index (κ3) is 3.21. The molecular weight excluding hydrogens is 252 g/mol. The fourth-order valence-electron chi connectivity index (χ4n) is 1.90. The molecule has 2 nitrogen and oxygen atoms in total. The second-order valence-corrected chi connectivity index (χ2v) is 5.15. The fraction of sp³-hybridized carbons (Fsp3) is 0.500. The molecule has 0 spiro atoms. The average molecular weight is 269 g/mol. The monoisotopic (exact) mass is 268 g/mol. The predicted molar refractivity (Wildman–Crippen MR) is 68.3 cm³/mol. The van der Waals surface area contributed by atoms with Gasteiger partial charge in [0.05, 0.1) is 0 Å². The second kappa shape index (κ2) is 4.99. The van der Waals surface area contributed by atoms with Crippen LogP contribution in [0.3, 0.4) is 0 Å². The molecule has 0 bridgehead atoms. The van der Waals surface area contributed by atoms with Crippen LogP contribution in [-0.4, -0.2) is 18.6 Å². The van der Waals surface area contributed by atoms with Crippen molar-refractivity contribution in [1.82, 2.24) is 5.32 Å². The Kier molecular flexibility index (Phi) is 3.65. The van der Waals surface area contributed by atoms with Crippen molar-refractivity contribution in [3.05, 3.63) is 28.7 Å². The topological polar surface area (TPSA) is 24.1 Å². The lowest BCUT2D eigenvalue weighted by atomic mass is 9.99. The molecule has 0 aromatic heterocycles. The lowest BCUT2D eigenvalue weighted by molar-refractivity contribution is 0.339. The quantitative estimate of drug-likeness (QED) is 0.878. The Morgan fingerprint density at radius 1 is 1.60 bits per heavy atom. The van der Waals surface area contributed by atoms with Crippen LogP contribution >= 0.6 is 15.9 Å². The zero-order chi connectivity index (χ0) is 10.7. The molecule has 1 aliphatic rings. The zero-order valence-corrected chi connectivity index (χ0v) is 10.5. The van der Waals surface area contributed by atoms with Crippen LogP contribution in [-0.2, 0) is 0 Å². The smallest absolute Gasteiger partial charge is 0.0353 e. The summed E-state index contributed by atoms with van der Waals surface area (Å²) in [7, 11) is 0. The van der Waals surface area contributed by atoms with E-state index in [1.807, 2.05) is 6.07 Å². The Balaban J connectivity index is 1.84. The molecule has 2 atom stereocenters.